The van der Waals surface area contributed by atoms with Crippen LogP contribution in [0, 0.1) is 0 Å². The number of nitrogens with zero attached hydrogens (tertiary/aromatic N) is 1. The minimum atomic E-state index is -0.564. The number of hydrogen-bond acceptors (Lipinski definition) is 6. The van der Waals surface area contributed by atoms with Gasteiger partial charge < -0.3 is 20.1 Å². The number of anilines is 1. The van der Waals surface area contributed by atoms with E-state index in [0.717, 1.165) is 24.1 Å². The van der Waals surface area contributed by atoms with E-state index in [2.05, 4.69) is 15.6 Å². The molecule has 2 N–H and O–H groups in total. The Balaban J connectivity index is 1.87. The summed E-state index contributed by atoms with van der Waals surface area (Å²) >= 11 is 0. The summed E-state index contributed by atoms with van der Waals surface area (Å²) in [6.45, 7) is 1.86. The number of Topliss-reactive ketones (excluding diaryl/α,β-unsaturated/α-hetero) is 1. The van der Waals surface area contributed by atoms with E-state index in [0.29, 0.717) is 40.5 Å². The van der Waals surface area contributed by atoms with Crippen molar-refractivity contribution in [2.75, 3.05) is 19.5 Å². The highest BCUT2D eigenvalue weighted by Gasteiger charge is 2.39. The lowest BCUT2D eigenvalue weighted by Gasteiger charge is -2.35. The molecule has 0 saturated carbocycles. The van der Waals surface area contributed by atoms with Gasteiger partial charge in [-0.05, 0) is 50.1 Å². The smallest absolute Gasteiger partial charge is 0.254 e. The molecule has 0 bridgehead atoms. The Morgan fingerprint density at radius 2 is 2.03 bits per heavy atom. The molecule has 1 aliphatic carbocycles. The largest absolute Gasteiger partial charge is 0.497 e. The Morgan fingerprint density at radius 1 is 1.19 bits per heavy atom. The zero-order chi connectivity index (χ0) is 22.0. The van der Waals surface area contributed by atoms with Crippen LogP contribution < -0.4 is 20.1 Å². The van der Waals surface area contributed by atoms with Crippen molar-refractivity contribution >= 4 is 17.4 Å². The van der Waals surface area contributed by atoms with Gasteiger partial charge in [0.2, 0.25) is 0 Å². The number of ketones is 1. The molecule has 7 nitrogen and oxygen atoms in total. The highest BCUT2D eigenvalue weighted by Crippen LogP contribution is 2.46. The molecule has 160 valence electrons. The fourth-order valence-electron chi connectivity index (χ4n) is 4.30. The zero-order valence-corrected chi connectivity index (χ0v) is 17.8. The second-order valence-corrected chi connectivity index (χ2v) is 7.57. The van der Waals surface area contributed by atoms with Gasteiger partial charge in [-0.1, -0.05) is 0 Å². The number of benzene rings is 1. The molecule has 2 aliphatic rings. The average Bonchev–Trinajstić information content (AvgIpc) is 2.78. The number of nitrogens with one attached hydrogen (secondary N) is 2. The van der Waals surface area contributed by atoms with Gasteiger partial charge in [0.25, 0.3) is 5.91 Å². The molecule has 1 aromatic carbocycles. The number of allylic oxidation sites excluding steroid dienone is 3. The maximum absolute atomic E-state index is 13.5. The molecule has 7 heteroatoms. The fourth-order valence-corrected chi connectivity index (χ4v) is 4.30. The quantitative estimate of drug-likeness (QED) is 0.768. The predicted molar refractivity (Wildman–Crippen MR) is 117 cm³/mol. The summed E-state index contributed by atoms with van der Waals surface area (Å²) in [6.07, 6.45) is 5.24. The minimum absolute atomic E-state index is 0.0443. The van der Waals surface area contributed by atoms with E-state index in [-0.39, 0.29) is 11.7 Å². The van der Waals surface area contributed by atoms with Gasteiger partial charge >= 0.3 is 0 Å². The SMILES string of the molecule is COc1ccc(OC)c([C@@H]2C(C(=O)Nc3cccnc3)=C(C)NC3=C2C(=O)CCC3)c1. The van der Waals surface area contributed by atoms with Crippen molar-refractivity contribution in [1.29, 1.82) is 0 Å². The second kappa shape index (κ2) is 8.63. The van der Waals surface area contributed by atoms with Gasteiger partial charge in [0.15, 0.2) is 5.78 Å². The number of amides is 1. The topological polar surface area (TPSA) is 89.6 Å². The van der Waals surface area contributed by atoms with Gasteiger partial charge in [-0.3, -0.25) is 14.6 Å². The van der Waals surface area contributed by atoms with Crippen LogP contribution in [0.25, 0.3) is 0 Å². The molecule has 0 unspecified atom stereocenters. The Kier molecular flexibility index (Phi) is 5.75. The van der Waals surface area contributed by atoms with Gasteiger partial charge in [-0.2, -0.15) is 0 Å². The first-order valence-electron chi connectivity index (χ1n) is 10.2. The number of ether oxygens (including phenoxy) is 2. The first kappa shape index (κ1) is 20.7. The number of dihydropyridines is 1. The molecular formula is C24H25N3O4. The second-order valence-electron chi connectivity index (χ2n) is 7.57. The Labute approximate surface area is 181 Å². The minimum Gasteiger partial charge on any atom is -0.497 e. The molecule has 0 saturated heterocycles. The number of aromatic nitrogens is 1. The number of rotatable bonds is 5. The third-order valence-electron chi connectivity index (χ3n) is 5.69. The summed E-state index contributed by atoms with van der Waals surface area (Å²) < 4.78 is 11.0. The van der Waals surface area contributed by atoms with Crippen molar-refractivity contribution in [3.63, 3.8) is 0 Å². The standard InChI is InChI=1S/C24H25N3O4/c1-14-21(24(29)27-15-6-5-11-25-13-15)22(23-18(26-14)7-4-8-19(23)28)17-12-16(30-2)9-10-20(17)31-3/h5-6,9-13,22,26H,4,7-8H2,1-3H3,(H,27,29)/t22-/m1/s1. The molecule has 1 aromatic heterocycles. The van der Waals surface area contributed by atoms with E-state index in [1.54, 1.807) is 50.9 Å². The van der Waals surface area contributed by atoms with E-state index < -0.39 is 5.92 Å². The van der Waals surface area contributed by atoms with Crippen LogP contribution in [-0.2, 0) is 9.59 Å². The molecule has 1 atom stereocenters. The fraction of sp³-hybridized carbons (Fsp3) is 0.292. The molecule has 0 fully saturated rings. The van der Waals surface area contributed by atoms with Crippen LogP contribution in [0.1, 0.15) is 37.7 Å². The summed E-state index contributed by atoms with van der Waals surface area (Å²) in [5.41, 5.74) is 4.00. The average molecular weight is 419 g/mol. The summed E-state index contributed by atoms with van der Waals surface area (Å²) in [7, 11) is 3.16. The highest BCUT2D eigenvalue weighted by molar-refractivity contribution is 6.09. The molecule has 0 spiro atoms. The van der Waals surface area contributed by atoms with E-state index >= 15 is 0 Å². The highest BCUT2D eigenvalue weighted by atomic mass is 16.5. The maximum Gasteiger partial charge on any atom is 0.254 e. The summed E-state index contributed by atoms with van der Waals surface area (Å²) in [5.74, 6) is 0.410. The summed E-state index contributed by atoms with van der Waals surface area (Å²) in [6, 6.07) is 8.97. The molecule has 2 aromatic rings. The van der Waals surface area contributed by atoms with Crippen LogP contribution in [0.2, 0.25) is 0 Å². The third-order valence-corrected chi connectivity index (χ3v) is 5.69. The summed E-state index contributed by atoms with van der Waals surface area (Å²) in [4.78, 5) is 30.6. The summed E-state index contributed by atoms with van der Waals surface area (Å²) in [5, 5.41) is 6.23. The molecule has 4 rings (SSSR count). The number of pyridine rings is 1. The first-order chi connectivity index (χ1) is 15.0. The van der Waals surface area contributed by atoms with Gasteiger partial charge in [-0.25, -0.2) is 0 Å². The molecule has 2 heterocycles. The van der Waals surface area contributed by atoms with Gasteiger partial charge in [-0.15, -0.1) is 0 Å². The first-order valence-corrected chi connectivity index (χ1v) is 10.2. The van der Waals surface area contributed by atoms with Crippen molar-refractivity contribution in [3.05, 3.63) is 70.8 Å². The number of methoxy groups -OCH3 is 2. The van der Waals surface area contributed by atoms with Crippen LogP contribution in [0.5, 0.6) is 11.5 Å². The number of carbonyl (C=O) groups is 2. The van der Waals surface area contributed by atoms with Crippen molar-refractivity contribution in [2.45, 2.75) is 32.1 Å². The number of carbonyl (C=O) groups excluding carboxylic acids is 2. The Bertz CT molecular complexity index is 1090. The lowest BCUT2D eigenvalue weighted by Crippen LogP contribution is -2.35. The van der Waals surface area contributed by atoms with Crippen molar-refractivity contribution < 1.29 is 19.1 Å². The maximum atomic E-state index is 13.5. The zero-order valence-electron chi connectivity index (χ0n) is 17.8. The monoisotopic (exact) mass is 419 g/mol. The van der Waals surface area contributed by atoms with Crippen LogP contribution in [-0.4, -0.2) is 30.9 Å². The van der Waals surface area contributed by atoms with Gasteiger partial charge in [0, 0.05) is 40.7 Å². The van der Waals surface area contributed by atoms with Crippen molar-refractivity contribution in [3.8, 4) is 11.5 Å². The van der Waals surface area contributed by atoms with Crippen LogP contribution in [0.15, 0.2) is 65.3 Å². The third kappa shape index (κ3) is 3.91. The van der Waals surface area contributed by atoms with Crippen LogP contribution in [0.4, 0.5) is 5.69 Å². The predicted octanol–water partition coefficient (Wildman–Crippen LogP) is 3.71. The molecule has 1 aliphatic heterocycles. The normalized spacial score (nSPS) is 18.3. The molecule has 31 heavy (non-hydrogen) atoms. The molecule has 0 radical (unpaired) electrons. The van der Waals surface area contributed by atoms with E-state index in [1.165, 1.54) is 0 Å². The molecular weight excluding hydrogens is 394 g/mol. The lowest BCUT2D eigenvalue weighted by atomic mass is 9.74. The van der Waals surface area contributed by atoms with Gasteiger partial charge in [0.05, 0.1) is 32.0 Å². The molecule has 1 amide bonds. The Hall–Kier alpha value is -3.61. The van der Waals surface area contributed by atoms with E-state index in [4.69, 9.17) is 9.47 Å². The van der Waals surface area contributed by atoms with Gasteiger partial charge in [0.1, 0.15) is 11.5 Å². The van der Waals surface area contributed by atoms with Crippen molar-refractivity contribution in [2.24, 2.45) is 0 Å². The number of hydrogen-bond donors (Lipinski definition) is 2. The lowest BCUT2D eigenvalue weighted by molar-refractivity contribution is -0.116. The van der Waals surface area contributed by atoms with Crippen LogP contribution in [0.3, 0.4) is 0 Å². The van der Waals surface area contributed by atoms with Crippen LogP contribution >= 0.6 is 0 Å². The van der Waals surface area contributed by atoms with E-state index in [9.17, 15) is 9.59 Å². The van der Waals surface area contributed by atoms with E-state index in [1.807, 2.05) is 13.0 Å². The Morgan fingerprint density at radius 3 is 2.74 bits per heavy atom. The van der Waals surface area contributed by atoms with Crippen molar-refractivity contribution in [1.82, 2.24) is 10.3 Å².